The third kappa shape index (κ3) is 4.25. The highest BCUT2D eigenvalue weighted by Gasteiger charge is 2.19. The van der Waals surface area contributed by atoms with Crippen molar-refractivity contribution in [1.82, 2.24) is 19.9 Å². The molecule has 1 aromatic carbocycles. The fourth-order valence-electron chi connectivity index (χ4n) is 2.86. The number of hydrogen-bond acceptors (Lipinski definition) is 8. The number of thiazole rings is 1. The number of anilines is 2. The molecule has 0 spiro atoms. The molecule has 7 nitrogen and oxygen atoms in total. The van der Waals surface area contributed by atoms with Gasteiger partial charge in [0.05, 0.1) is 16.3 Å². The first-order valence-electron chi connectivity index (χ1n) is 9.28. The summed E-state index contributed by atoms with van der Waals surface area (Å²) in [6, 6.07) is 11.9. The average molecular weight is 457 g/mol. The van der Waals surface area contributed by atoms with E-state index in [2.05, 4.69) is 22.1 Å². The maximum atomic E-state index is 12.3. The number of nitrogen functional groups attached to an aromatic ring is 1. The van der Waals surface area contributed by atoms with Gasteiger partial charge in [-0.05, 0) is 35.6 Å². The Labute approximate surface area is 186 Å². The lowest BCUT2D eigenvalue weighted by molar-refractivity contribution is -0.115. The van der Waals surface area contributed by atoms with Gasteiger partial charge in [0.15, 0.2) is 11.0 Å². The first kappa shape index (κ1) is 20.6. The first-order valence-corrected chi connectivity index (χ1v) is 12.0. The number of hydrogen-bond donors (Lipinski definition) is 1. The summed E-state index contributed by atoms with van der Waals surface area (Å²) in [4.78, 5) is 19.6. The van der Waals surface area contributed by atoms with Crippen LogP contribution < -0.4 is 10.7 Å². The largest absolute Gasteiger partial charge is 0.335 e. The summed E-state index contributed by atoms with van der Waals surface area (Å²) in [7, 11) is 0. The lowest BCUT2D eigenvalue weighted by Crippen LogP contribution is -2.22. The second kappa shape index (κ2) is 8.99. The van der Waals surface area contributed by atoms with Crippen LogP contribution in [0.5, 0.6) is 0 Å². The van der Waals surface area contributed by atoms with Crippen molar-refractivity contribution in [2.75, 3.05) is 10.7 Å². The Morgan fingerprint density at radius 1 is 1.20 bits per heavy atom. The lowest BCUT2D eigenvalue weighted by atomic mass is 10.1. The van der Waals surface area contributed by atoms with E-state index in [4.69, 9.17) is 5.84 Å². The molecule has 30 heavy (non-hydrogen) atoms. The molecule has 0 aliphatic heterocycles. The van der Waals surface area contributed by atoms with Gasteiger partial charge in [0.25, 0.3) is 0 Å². The van der Waals surface area contributed by atoms with Crippen LogP contribution >= 0.6 is 34.4 Å². The summed E-state index contributed by atoms with van der Waals surface area (Å²) in [5.41, 5.74) is 2.90. The van der Waals surface area contributed by atoms with Gasteiger partial charge in [0.1, 0.15) is 0 Å². The number of benzene rings is 1. The molecule has 0 saturated carbocycles. The van der Waals surface area contributed by atoms with Crippen molar-refractivity contribution in [3.8, 4) is 10.7 Å². The van der Waals surface area contributed by atoms with Crippen molar-refractivity contribution in [3.05, 3.63) is 58.4 Å². The molecule has 0 bridgehead atoms. The van der Waals surface area contributed by atoms with Crippen LogP contribution in [0.3, 0.4) is 0 Å². The number of thioether (sulfide) groups is 1. The van der Waals surface area contributed by atoms with Gasteiger partial charge in [-0.25, -0.2) is 9.66 Å². The summed E-state index contributed by atoms with van der Waals surface area (Å²) < 4.78 is 1.50. The minimum absolute atomic E-state index is 0.0740. The SMILES string of the molecule is CCc1ccc(N(C(C)=O)c2nc(CSc3nnc(-c4cccs4)n3N)cs2)cc1. The average Bonchev–Trinajstić information content (AvgIpc) is 3.49. The Morgan fingerprint density at radius 3 is 2.67 bits per heavy atom. The molecule has 4 rings (SSSR count). The Kier molecular flexibility index (Phi) is 6.16. The van der Waals surface area contributed by atoms with E-state index in [-0.39, 0.29) is 5.91 Å². The van der Waals surface area contributed by atoms with Crippen LogP contribution in [0.4, 0.5) is 10.8 Å². The Balaban J connectivity index is 1.48. The molecule has 4 aromatic rings. The zero-order valence-corrected chi connectivity index (χ0v) is 18.9. The molecule has 0 radical (unpaired) electrons. The smallest absolute Gasteiger partial charge is 0.230 e. The molecule has 0 unspecified atom stereocenters. The number of carbonyl (C=O) groups is 1. The molecule has 3 heterocycles. The Bertz CT molecular complexity index is 1130. The molecule has 3 aromatic heterocycles. The maximum Gasteiger partial charge on any atom is 0.230 e. The highest BCUT2D eigenvalue weighted by atomic mass is 32.2. The minimum atomic E-state index is -0.0740. The Hall–Kier alpha value is -2.69. The summed E-state index contributed by atoms with van der Waals surface area (Å²) in [5, 5.41) is 13.6. The number of nitrogens with two attached hydrogens (primary N) is 1. The van der Waals surface area contributed by atoms with E-state index < -0.39 is 0 Å². The van der Waals surface area contributed by atoms with Crippen molar-refractivity contribution in [2.24, 2.45) is 0 Å². The van der Waals surface area contributed by atoms with Crippen LogP contribution in [0.1, 0.15) is 25.1 Å². The lowest BCUT2D eigenvalue weighted by Gasteiger charge is -2.18. The summed E-state index contributed by atoms with van der Waals surface area (Å²) in [6.07, 6.45) is 0.957. The van der Waals surface area contributed by atoms with Crippen molar-refractivity contribution in [1.29, 1.82) is 0 Å². The standard InChI is InChI=1S/C20H20N6OS3/c1-3-14-6-8-16(9-7-14)25(13(2)27)19-22-15(11-29-19)12-30-20-24-23-18(26(20)21)17-5-4-10-28-17/h4-11H,3,12,21H2,1-2H3. The third-order valence-corrected chi connectivity index (χ3v) is 7.12. The fourth-order valence-corrected chi connectivity index (χ4v) is 5.31. The van der Waals surface area contributed by atoms with Crippen molar-refractivity contribution < 1.29 is 4.79 Å². The molecule has 0 fully saturated rings. The monoisotopic (exact) mass is 456 g/mol. The number of amides is 1. The van der Waals surface area contributed by atoms with Gasteiger partial charge in [0, 0.05) is 18.1 Å². The molecular weight excluding hydrogens is 436 g/mol. The third-order valence-electron chi connectivity index (χ3n) is 4.40. The quantitative estimate of drug-likeness (QED) is 0.320. The molecule has 2 N–H and O–H groups in total. The molecule has 0 aliphatic carbocycles. The fraction of sp³-hybridized carbons (Fsp3) is 0.200. The number of nitrogens with zero attached hydrogens (tertiary/aromatic N) is 5. The number of carbonyl (C=O) groups excluding carboxylic acids is 1. The molecule has 0 atom stereocenters. The van der Waals surface area contributed by atoms with Gasteiger partial charge in [-0.2, -0.15) is 0 Å². The Morgan fingerprint density at radius 2 is 2.00 bits per heavy atom. The van der Waals surface area contributed by atoms with Gasteiger partial charge in [-0.15, -0.1) is 32.9 Å². The van der Waals surface area contributed by atoms with Crippen molar-refractivity contribution in [3.63, 3.8) is 0 Å². The molecular formula is C20H20N6OS3. The van der Waals surface area contributed by atoms with Crippen molar-refractivity contribution >= 4 is 51.2 Å². The first-order chi connectivity index (χ1) is 14.6. The molecule has 0 saturated heterocycles. The number of aryl methyl sites for hydroxylation is 1. The number of aromatic nitrogens is 4. The molecule has 10 heteroatoms. The van der Waals surface area contributed by atoms with Gasteiger partial charge >= 0.3 is 0 Å². The van der Waals surface area contributed by atoms with Gasteiger partial charge in [0.2, 0.25) is 11.1 Å². The van der Waals surface area contributed by atoms with Crippen molar-refractivity contribution in [2.45, 2.75) is 31.2 Å². The predicted octanol–water partition coefficient (Wildman–Crippen LogP) is 4.72. The van der Waals surface area contributed by atoms with E-state index >= 15 is 0 Å². The van der Waals surface area contributed by atoms with Gasteiger partial charge in [-0.3, -0.25) is 9.69 Å². The van der Waals surface area contributed by atoms with E-state index in [1.54, 1.807) is 23.2 Å². The summed E-state index contributed by atoms with van der Waals surface area (Å²) >= 11 is 4.47. The summed E-state index contributed by atoms with van der Waals surface area (Å²) in [5.74, 6) is 7.31. The highest BCUT2D eigenvalue weighted by Crippen LogP contribution is 2.32. The predicted molar refractivity (Wildman–Crippen MR) is 124 cm³/mol. The van der Waals surface area contributed by atoms with E-state index in [0.717, 1.165) is 22.7 Å². The highest BCUT2D eigenvalue weighted by molar-refractivity contribution is 7.98. The molecule has 1 amide bonds. The maximum absolute atomic E-state index is 12.3. The molecule has 0 aliphatic rings. The van der Waals surface area contributed by atoms with Crippen LogP contribution in [0.2, 0.25) is 0 Å². The van der Waals surface area contributed by atoms with Crippen LogP contribution in [0.15, 0.2) is 52.3 Å². The van der Waals surface area contributed by atoms with E-state index in [1.807, 2.05) is 47.2 Å². The van der Waals surface area contributed by atoms with Crippen LogP contribution in [-0.2, 0) is 17.0 Å². The normalized spacial score (nSPS) is 11.0. The number of rotatable bonds is 7. The van der Waals surface area contributed by atoms with E-state index in [1.165, 1.54) is 33.3 Å². The van der Waals surface area contributed by atoms with E-state index in [0.29, 0.717) is 21.9 Å². The number of thiophene rings is 1. The van der Waals surface area contributed by atoms with Gasteiger partial charge in [-0.1, -0.05) is 36.9 Å². The minimum Gasteiger partial charge on any atom is -0.335 e. The van der Waals surface area contributed by atoms with Crippen LogP contribution in [0.25, 0.3) is 10.7 Å². The van der Waals surface area contributed by atoms with Crippen LogP contribution in [0, 0.1) is 0 Å². The zero-order chi connectivity index (χ0) is 21.1. The van der Waals surface area contributed by atoms with Crippen LogP contribution in [-0.4, -0.2) is 25.8 Å². The van der Waals surface area contributed by atoms with Gasteiger partial charge < -0.3 is 5.84 Å². The second-order valence-electron chi connectivity index (χ2n) is 6.44. The second-order valence-corrected chi connectivity index (χ2v) is 9.16. The van der Waals surface area contributed by atoms with E-state index in [9.17, 15) is 4.79 Å². The summed E-state index contributed by atoms with van der Waals surface area (Å²) in [6.45, 7) is 3.65. The topological polar surface area (TPSA) is 89.9 Å². The zero-order valence-electron chi connectivity index (χ0n) is 16.5. The molecule has 154 valence electrons.